The van der Waals surface area contributed by atoms with Crippen LogP contribution >= 0.6 is 11.6 Å². The molecule has 0 bridgehead atoms. The molecule has 1 fully saturated rings. The van der Waals surface area contributed by atoms with E-state index in [2.05, 4.69) is 16.7 Å². The second-order valence-electron chi connectivity index (χ2n) is 5.05. The van der Waals surface area contributed by atoms with Crippen LogP contribution in [0.4, 0.5) is 5.69 Å². The summed E-state index contributed by atoms with van der Waals surface area (Å²) in [6.45, 7) is 9.18. The van der Waals surface area contributed by atoms with E-state index in [1.807, 2.05) is 18.2 Å². The van der Waals surface area contributed by atoms with Crippen LogP contribution in [0.5, 0.6) is 0 Å². The number of halogens is 1. The number of nitrogens with zero attached hydrogens (tertiary/aromatic N) is 2. The van der Waals surface area contributed by atoms with E-state index >= 15 is 0 Å². The number of carbonyl (C=O) groups is 1. The van der Waals surface area contributed by atoms with Gasteiger partial charge in [0, 0.05) is 37.4 Å². The first-order chi connectivity index (χ1) is 9.11. The largest absolute Gasteiger partial charge is 0.369 e. The molecular weight excluding hydrogens is 260 g/mol. The van der Waals surface area contributed by atoms with Crippen molar-refractivity contribution in [3.8, 4) is 0 Å². The highest BCUT2D eigenvalue weighted by Crippen LogP contribution is 2.25. The molecule has 3 nitrogen and oxygen atoms in total. The maximum Gasteiger partial charge on any atom is 0.161 e. The van der Waals surface area contributed by atoms with Crippen LogP contribution in [0, 0.1) is 0 Å². The fourth-order valence-electron chi connectivity index (χ4n) is 2.53. The number of piperazine rings is 1. The third-order valence-electron chi connectivity index (χ3n) is 3.61. The van der Waals surface area contributed by atoms with Crippen LogP contribution in [-0.2, 0) is 0 Å². The number of hydrogen-bond acceptors (Lipinski definition) is 3. The van der Waals surface area contributed by atoms with Gasteiger partial charge >= 0.3 is 0 Å². The molecule has 1 saturated heterocycles. The Bertz CT molecular complexity index is 453. The summed E-state index contributed by atoms with van der Waals surface area (Å²) in [5, 5.41) is 0.556. The van der Waals surface area contributed by atoms with Gasteiger partial charge in [0.05, 0.1) is 5.02 Å². The van der Waals surface area contributed by atoms with Crippen LogP contribution in [-0.4, -0.2) is 43.4 Å². The smallest absolute Gasteiger partial charge is 0.161 e. The van der Waals surface area contributed by atoms with Crippen molar-refractivity contribution in [2.45, 2.75) is 20.3 Å². The van der Waals surface area contributed by atoms with Crippen molar-refractivity contribution in [3.63, 3.8) is 0 Å². The molecule has 0 N–H and O–H groups in total. The van der Waals surface area contributed by atoms with Crippen molar-refractivity contribution < 1.29 is 4.79 Å². The summed E-state index contributed by atoms with van der Waals surface area (Å²) in [6.07, 6.45) is 1.21. The molecule has 1 aliphatic rings. The Morgan fingerprint density at radius 1 is 1.26 bits per heavy atom. The van der Waals surface area contributed by atoms with Gasteiger partial charge in [-0.3, -0.25) is 9.69 Å². The summed E-state index contributed by atoms with van der Waals surface area (Å²) in [5.41, 5.74) is 1.72. The van der Waals surface area contributed by atoms with Gasteiger partial charge in [-0.05, 0) is 38.1 Å². The summed E-state index contributed by atoms with van der Waals surface area (Å²) in [7, 11) is 0. The van der Waals surface area contributed by atoms with Crippen molar-refractivity contribution in [2.75, 3.05) is 37.6 Å². The predicted octanol–water partition coefficient (Wildman–Crippen LogP) is 3.07. The zero-order valence-electron chi connectivity index (χ0n) is 11.7. The average Bonchev–Trinajstić information content (AvgIpc) is 2.39. The van der Waals surface area contributed by atoms with Gasteiger partial charge in [0.1, 0.15) is 0 Å². The monoisotopic (exact) mass is 280 g/mol. The number of Topliss-reactive ketones (excluding diaryl/α,β-unsaturated/α-hetero) is 1. The van der Waals surface area contributed by atoms with Crippen molar-refractivity contribution >= 4 is 23.1 Å². The predicted molar refractivity (Wildman–Crippen MR) is 80.4 cm³/mol. The van der Waals surface area contributed by atoms with Crippen molar-refractivity contribution in [1.82, 2.24) is 4.90 Å². The van der Waals surface area contributed by atoms with E-state index in [9.17, 15) is 4.79 Å². The fourth-order valence-corrected chi connectivity index (χ4v) is 2.84. The van der Waals surface area contributed by atoms with Crippen LogP contribution in [0.15, 0.2) is 18.2 Å². The minimum Gasteiger partial charge on any atom is -0.369 e. The van der Waals surface area contributed by atoms with Crippen LogP contribution in [0.25, 0.3) is 0 Å². The number of anilines is 1. The molecular formula is C15H21ClN2O. The third kappa shape index (κ3) is 3.48. The highest BCUT2D eigenvalue weighted by Gasteiger charge is 2.17. The Morgan fingerprint density at radius 2 is 1.95 bits per heavy atom. The molecule has 0 aliphatic carbocycles. The molecule has 0 amide bonds. The van der Waals surface area contributed by atoms with E-state index in [1.165, 1.54) is 13.0 Å². The summed E-state index contributed by atoms with van der Waals surface area (Å²) >= 11 is 6.16. The molecule has 0 atom stereocenters. The molecule has 0 saturated carbocycles. The molecule has 2 rings (SSSR count). The average molecular weight is 281 g/mol. The Kier molecular flexibility index (Phi) is 4.83. The lowest BCUT2D eigenvalue weighted by Crippen LogP contribution is -2.46. The molecule has 0 unspecified atom stereocenters. The summed E-state index contributed by atoms with van der Waals surface area (Å²) in [5.74, 6) is 0.0179. The van der Waals surface area contributed by atoms with Crippen LogP contribution in [0.2, 0.25) is 5.02 Å². The lowest BCUT2D eigenvalue weighted by molar-refractivity contribution is 0.101. The Hall–Kier alpha value is -1.06. The number of carbonyl (C=O) groups excluding carboxylic acids is 1. The molecule has 19 heavy (non-hydrogen) atoms. The molecule has 1 aromatic rings. The van der Waals surface area contributed by atoms with E-state index in [1.54, 1.807) is 6.92 Å². The molecule has 1 aromatic carbocycles. The van der Waals surface area contributed by atoms with Gasteiger partial charge in [0.15, 0.2) is 5.78 Å². The van der Waals surface area contributed by atoms with E-state index in [-0.39, 0.29) is 5.78 Å². The zero-order chi connectivity index (χ0) is 13.8. The highest BCUT2D eigenvalue weighted by molar-refractivity contribution is 6.34. The SMILES string of the molecule is CCCN1CCN(c2ccc(C(C)=O)c(Cl)c2)CC1. The van der Waals surface area contributed by atoms with E-state index in [4.69, 9.17) is 11.6 Å². The first kappa shape index (κ1) is 14.4. The van der Waals surface area contributed by atoms with Gasteiger partial charge in [0.25, 0.3) is 0 Å². The van der Waals surface area contributed by atoms with Gasteiger partial charge in [-0.25, -0.2) is 0 Å². The molecule has 0 spiro atoms. The molecule has 104 valence electrons. The van der Waals surface area contributed by atoms with E-state index < -0.39 is 0 Å². The first-order valence-corrected chi connectivity index (χ1v) is 7.27. The number of benzene rings is 1. The Labute approximate surface area is 120 Å². The maximum absolute atomic E-state index is 11.4. The molecule has 4 heteroatoms. The molecule has 0 aromatic heterocycles. The number of hydrogen-bond donors (Lipinski definition) is 0. The van der Waals surface area contributed by atoms with Crippen LogP contribution in [0.3, 0.4) is 0 Å². The standard InChI is InChI=1S/C15H21ClN2O/c1-3-6-17-7-9-18(10-8-17)13-4-5-14(12(2)19)15(16)11-13/h4-5,11H,3,6-10H2,1-2H3. The van der Waals surface area contributed by atoms with Crippen LogP contribution < -0.4 is 4.90 Å². The summed E-state index contributed by atoms with van der Waals surface area (Å²) in [4.78, 5) is 16.2. The van der Waals surface area contributed by atoms with Gasteiger partial charge in [-0.1, -0.05) is 18.5 Å². The van der Waals surface area contributed by atoms with Crippen molar-refractivity contribution in [3.05, 3.63) is 28.8 Å². The molecule has 1 heterocycles. The van der Waals surface area contributed by atoms with Crippen molar-refractivity contribution in [1.29, 1.82) is 0 Å². The van der Waals surface area contributed by atoms with Crippen LogP contribution in [0.1, 0.15) is 30.6 Å². The Morgan fingerprint density at radius 3 is 2.47 bits per heavy atom. The zero-order valence-corrected chi connectivity index (χ0v) is 12.4. The minimum absolute atomic E-state index is 0.0179. The second-order valence-corrected chi connectivity index (χ2v) is 5.46. The topological polar surface area (TPSA) is 23.6 Å². The summed E-state index contributed by atoms with van der Waals surface area (Å²) in [6, 6.07) is 5.74. The minimum atomic E-state index is 0.0179. The Balaban J connectivity index is 2.04. The van der Waals surface area contributed by atoms with E-state index in [0.717, 1.165) is 31.9 Å². The highest BCUT2D eigenvalue weighted by atomic mass is 35.5. The lowest BCUT2D eigenvalue weighted by Gasteiger charge is -2.36. The maximum atomic E-state index is 11.4. The molecule has 0 radical (unpaired) electrons. The molecule has 1 aliphatic heterocycles. The second kappa shape index (κ2) is 6.40. The normalized spacial score (nSPS) is 16.7. The number of ketones is 1. The van der Waals surface area contributed by atoms with Gasteiger partial charge < -0.3 is 4.90 Å². The quantitative estimate of drug-likeness (QED) is 0.792. The van der Waals surface area contributed by atoms with Gasteiger partial charge in [-0.2, -0.15) is 0 Å². The van der Waals surface area contributed by atoms with Gasteiger partial charge in [-0.15, -0.1) is 0 Å². The van der Waals surface area contributed by atoms with E-state index in [0.29, 0.717) is 10.6 Å². The lowest BCUT2D eigenvalue weighted by atomic mass is 10.1. The third-order valence-corrected chi connectivity index (χ3v) is 3.92. The fraction of sp³-hybridized carbons (Fsp3) is 0.533. The van der Waals surface area contributed by atoms with Gasteiger partial charge in [0.2, 0.25) is 0 Å². The van der Waals surface area contributed by atoms with Crippen molar-refractivity contribution in [2.24, 2.45) is 0 Å². The summed E-state index contributed by atoms with van der Waals surface area (Å²) < 4.78 is 0. The number of rotatable bonds is 4. The first-order valence-electron chi connectivity index (χ1n) is 6.89.